The van der Waals surface area contributed by atoms with E-state index in [0.29, 0.717) is 5.75 Å². The van der Waals surface area contributed by atoms with Gasteiger partial charge < -0.3 is 15.3 Å². The second-order valence-electron chi connectivity index (χ2n) is 6.99. The van der Waals surface area contributed by atoms with Crippen molar-refractivity contribution in [2.45, 2.75) is 32.4 Å². The van der Waals surface area contributed by atoms with E-state index in [2.05, 4.69) is 15.2 Å². The maximum atomic E-state index is 12.6. The maximum Gasteiger partial charge on any atom is 0.317 e. The molecule has 6 nitrogen and oxygen atoms in total. The van der Waals surface area contributed by atoms with Gasteiger partial charge in [-0.1, -0.05) is 12.1 Å². The highest BCUT2D eigenvalue weighted by atomic mass is 32.1. The van der Waals surface area contributed by atoms with E-state index < -0.39 is 0 Å². The fraction of sp³-hybridized carbons (Fsp3) is 0.474. The van der Waals surface area contributed by atoms with Crippen molar-refractivity contribution in [2.24, 2.45) is 0 Å². The Bertz CT molecular complexity index is 799. The van der Waals surface area contributed by atoms with Gasteiger partial charge in [0.25, 0.3) is 0 Å². The molecule has 2 N–H and O–H groups in total. The molecule has 0 spiro atoms. The number of nitrogens with one attached hydrogen (secondary N) is 1. The molecule has 26 heavy (non-hydrogen) atoms. The minimum absolute atomic E-state index is 0.000484. The molecule has 1 aromatic carbocycles. The average Bonchev–Trinajstić information content (AvgIpc) is 3.23. The summed E-state index contributed by atoms with van der Waals surface area (Å²) in [6, 6.07) is 5.57. The van der Waals surface area contributed by atoms with Gasteiger partial charge in [0.15, 0.2) is 0 Å². The number of phenols is 1. The number of aromatic nitrogens is 1. The SMILES string of the molecule is Cc1ncc(CN2CCN(C(=O)NC3CCc4c(O)cccc43)CC2)s1. The normalized spacial score (nSPS) is 20.2. The number of hydrogen-bond acceptors (Lipinski definition) is 5. The Morgan fingerprint density at radius 2 is 2.15 bits per heavy atom. The number of amides is 2. The van der Waals surface area contributed by atoms with E-state index in [9.17, 15) is 9.90 Å². The third-order valence-corrected chi connectivity index (χ3v) is 6.15. The number of aromatic hydroxyl groups is 1. The summed E-state index contributed by atoms with van der Waals surface area (Å²) in [4.78, 5) is 22.5. The third kappa shape index (κ3) is 3.54. The second-order valence-corrected chi connectivity index (χ2v) is 8.31. The number of piperazine rings is 1. The van der Waals surface area contributed by atoms with Crippen LogP contribution in [0.2, 0.25) is 0 Å². The largest absolute Gasteiger partial charge is 0.508 e. The molecule has 7 heteroatoms. The lowest BCUT2D eigenvalue weighted by Gasteiger charge is -2.35. The quantitative estimate of drug-likeness (QED) is 0.869. The molecule has 1 aromatic heterocycles. The standard InChI is InChI=1S/C19H24N4O2S/c1-13-20-11-14(26-13)12-22-7-9-23(10-8-22)19(25)21-17-6-5-16-15(17)3-2-4-18(16)24/h2-4,11,17,24H,5-10,12H2,1H3,(H,21,25). The zero-order chi connectivity index (χ0) is 18.1. The summed E-state index contributed by atoms with van der Waals surface area (Å²) in [6.45, 7) is 6.18. The lowest BCUT2D eigenvalue weighted by atomic mass is 10.1. The van der Waals surface area contributed by atoms with Crippen molar-refractivity contribution in [3.8, 4) is 5.75 Å². The van der Waals surface area contributed by atoms with Crippen molar-refractivity contribution in [2.75, 3.05) is 26.2 Å². The van der Waals surface area contributed by atoms with Crippen LogP contribution in [0.15, 0.2) is 24.4 Å². The monoisotopic (exact) mass is 372 g/mol. The number of fused-ring (bicyclic) bond motifs is 1. The van der Waals surface area contributed by atoms with Gasteiger partial charge in [-0.2, -0.15) is 0 Å². The van der Waals surface area contributed by atoms with Crippen LogP contribution in [0.5, 0.6) is 5.75 Å². The van der Waals surface area contributed by atoms with E-state index in [1.165, 1.54) is 4.88 Å². The van der Waals surface area contributed by atoms with Crippen LogP contribution in [0, 0.1) is 6.92 Å². The van der Waals surface area contributed by atoms with E-state index in [4.69, 9.17) is 0 Å². The molecule has 0 radical (unpaired) electrons. The number of carbonyl (C=O) groups excluding carboxylic acids is 1. The minimum Gasteiger partial charge on any atom is -0.508 e. The zero-order valence-corrected chi connectivity index (χ0v) is 15.8. The van der Waals surface area contributed by atoms with Crippen molar-refractivity contribution >= 4 is 17.4 Å². The van der Waals surface area contributed by atoms with Crippen molar-refractivity contribution in [3.05, 3.63) is 45.4 Å². The van der Waals surface area contributed by atoms with Gasteiger partial charge in [-0.15, -0.1) is 11.3 Å². The number of carbonyl (C=O) groups is 1. The summed E-state index contributed by atoms with van der Waals surface area (Å²) in [6.07, 6.45) is 3.62. The van der Waals surface area contributed by atoms with Gasteiger partial charge in [0, 0.05) is 43.8 Å². The fourth-order valence-electron chi connectivity index (χ4n) is 3.83. The molecule has 2 amide bonds. The number of thiazole rings is 1. The number of phenolic OH excluding ortho intramolecular Hbond substituents is 1. The highest BCUT2D eigenvalue weighted by Crippen LogP contribution is 2.36. The van der Waals surface area contributed by atoms with Gasteiger partial charge in [0.05, 0.1) is 11.0 Å². The first kappa shape index (κ1) is 17.3. The van der Waals surface area contributed by atoms with Crippen LogP contribution in [0.3, 0.4) is 0 Å². The van der Waals surface area contributed by atoms with Crippen LogP contribution in [-0.2, 0) is 13.0 Å². The molecule has 2 heterocycles. The number of urea groups is 1. The Morgan fingerprint density at radius 3 is 2.88 bits per heavy atom. The molecule has 1 aliphatic carbocycles. The molecular formula is C19H24N4O2S. The molecule has 138 valence electrons. The fourth-order valence-corrected chi connectivity index (χ4v) is 4.67. The summed E-state index contributed by atoms with van der Waals surface area (Å²) < 4.78 is 0. The summed E-state index contributed by atoms with van der Waals surface area (Å²) in [5.74, 6) is 0.339. The molecule has 2 aromatic rings. The Kier molecular flexibility index (Phi) is 4.82. The Morgan fingerprint density at radius 1 is 1.35 bits per heavy atom. The van der Waals surface area contributed by atoms with Crippen LogP contribution in [-0.4, -0.2) is 52.1 Å². The van der Waals surface area contributed by atoms with Crippen LogP contribution in [0.25, 0.3) is 0 Å². The Balaban J connectivity index is 1.30. The number of rotatable bonds is 3. The molecule has 1 fully saturated rings. The van der Waals surface area contributed by atoms with Gasteiger partial charge in [-0.3, -0.25) is 4.90 Å². The van der Waals surface area contributed by atoms with Gasteiger partial charge in [-0.25, -0.2) is 9.78 Å². The highest BCUT2D eigenvalue weighted by Gasteiger charge is 2.28. The Labute approximate surface area is 157 Å². The van der Waals surface area contributed by atoms with Gasteiger partial charge in [0.2, 0.25) is 0 Å². The molecule has 0 bridgehead atoms. The second kappa shape index (κ2) is 7.25. The molecule has 1 atom stereocenters. The summed E-state index contributed by atoms with van der Waals surface area (Å²) >= 11 is 1.74. The van der Waals surface area contributed by atoms with Crippen molar-refractivity contribution < 1.29 is 9.90 Å². The van der Waals surface area contributed by atoms with Gasteiger partial charge >= 0.3 is 6.03 Å². The first-order valence-electron chi connectivity index (χ1n) is 9.10. The van der Waals surface area contributed by atoms with E-state index in [0.717, 1.165) is 61.7 Å². The molecule has 2 aliphatic rings. The highest BCUT2D eigenvalue weighted by molar-refractivity contribution is 7.11. The summed E-state index contributed by atoms with van der Waals surface area (Å²) in [5.41, 5.74) is 2.03. The lowest BCUT2D eigenvalue weighted by Crippen LogP contribution is -2.51. The molecular weight excluding hydrogens is 348 g/mol. The molecule has 0 saturated carbocycles. The number of hydrogen-bond donors (Lipinski definition) is 2. The molecule has 1 unspecified atom stereocenters. The number of aryl methyl sites for hydroxylation is 1. The van der Waals surface area contributed by atoms with Crippen LogP contribution in [0.1, 0.15) is 33.5 Å². The van der Waals surface area contributed by atoms with Crippen molar-refractivity contribution in [1.29, 1.82) is 0 Å². The lowest BCUT2D eigenvalue weighted by molar-refractivity contribution is 0.134. The molecule has 1 saturated heterocycles. The topological polar surface area (TPSA) is 68.7 Å². The maximum absolute atomic E-state index is 12.6. The van der Waals surface area contributed by atoms with E-state index in [-0.39, 0.29) is 12.1 Å². The summed E-state index contributed by atoms with van der Waals surface area (Å²) in [7, 11) is 0. The predicted molar refractivity (Wildman–Crippen MR) is 101 cm³/mol. The minimum atomic E-state index is -0.000484. The number of benzene rings is 1. The van der Waals surface area contributed by atoms with Crippen LogP contribution >= 0.6 is 11.3 Å². The molecule has 4 rings (SSSR count). The van der Waals surface area contributed by atoms with Crippen LogP contribution < -0.4 is 5.32 Å². The van der Waals surface area contributed by atoms with Crippen molar-refractivity contribution in [1.82, 2.24) is 20.1 Å². The number of nitrogens with zero attached hydrogens (tertiary/aromatic N) is 3. The van der Waals surface area contributed by atoms with E-state index in [1.54, 1.807) is 17.4 Å². The van der Waals surface area contributed by atoms with Crippen LogP contribution in [0.4, 0.5) is 4.79 Å². The van der Waals surface area contributed by atoms with E-state index >= 15 is 0 Å². The molecule has 1 aliphatic heterocycles. The van der Waals surface area contributed by atoms with Gasteiger partial charge in [0.1, 0.15) is 5.75 Å². The third-order valence-electron chi connectivity index (χ3n) is 5.25. The van der Waals surface area contributed by atoms with Gasteiger partial charge in [-0.05, 0) is 37.0 Å². The first-order valence-corrected chi connectivity index (χ1v) is 9.91. The Hall–Kier alpha value is -2.12. The van der Waals surface area contributed by atoms with Crippen molar-refractivity contribution in [3.63, 3.8) is 0 Å². The predicted octanol–water partition coefficient (Wildman–Crippen LogP) is 2.67. The smallest absolute Gasteiger partial charge is 0.317 e. The first-order chi connectivity index (χ1) is 12.6. The summed E-state index contributed by atoms with van der Waals surface area (Å²) in [5, 5.41) is 14.2. The zero-order valence-electron chi connectivity index (χ0n) is 14.9. The average molecular weight is 372 g/mol. The van der Waals surface area contributed by atoms with E-state index in [1.807, 2.05) is 30.2 Å².